The smallest absolute Gasteiger partial charge is 0.325 e. The molecule has 2 heterocycles. The average Bonchev–Trinajstić information content (AvgIpc) is 3.33. The lowest BCUT2D eigenvalue weighted by atomic mass is 10.1. The number of benzene rings is 2. The van der Waals surface area contributed by atoms with Crippen LogP contribution in [0.2, 0.25) is 0 Å². The Balaban J connectivity index is 1.56. The van der Waals surface area contributed by atoms with E-state index in [-0.39, 0.29) is 17.6 Å². The Morgan fingerprint density at radius 2 is 1.77 bits per heavy atom. The SMILES string of the molecule is COC(=O)CN1C(=S)N(C)C(=O)/C1=C/c1cn(CCCOc2ccccc2OC)c2ccccc12. The zero-order chi connectivity index (χ0) is 24.9. The topological polar surface area (TPSA) is 73.2 Å². The molecule has 0 aliphatic carbocycles. The fourth-order valence-electron chi connectivity index (χ4n) is 4.02. The molecule has 0 N–H and O–H groups in total. The van der Waals surface area contributed by atoms with Gasteiger partial charge in [-0.15, -0.1) is 0 Å². The molecule has 35 heavy (non-hydrogen) atoms. The van der Waals surface area contributed by atoms with Crippen molar-refractivity contribution >= 4 is 46.2 Å². The minimum absolute atomic E-state index is 0.129. The number of thiocarbonyl (C=S) groups is 1. The van der Waals surface area contributed by atoms with Gasteiger partial charge in [0.25, 0.3) is 5.91 Å². The first-order valence-corrected chi connectivity index (χ1v) is 11.6. The number of nitrogens with zero attached hydrogens (tertiary/aromatic N) is 3. The van der Waals surface area contributed by atoms with Crippen LogP contribution in [0.4, 0.5) is 0 Å². The van der Waals surface area contributed by atoms with Crippen LogP contribution >= 0.6 is 12.2 Å². The molecular formula is C26H27N3O5S. The lowest BCUT2D eigenvalue weighted by molar-refractivity contribution is -0.140. The molecule has 9 heteroatoms. The number of carbonyl (C=O) groups is 2. The minimum Gasteiger partial charge on any atom is -0.493 e. The van der Waals surface area contributed by atoms with Crippen molar-refractivity contribution in [2.45, 2.75) is 13.0 Å². The van der Waals surface area contributed by atoms with Gasteiger partial charge in [0.1, 0.15) is 12.2 Å². The molecule has 1 saturated heterocycles. The molecule has 0 bridgehead atoms. The summed E-state index contributed by atoms with van der Waals surface area (Å²) in [7, 11) is 4.53. The Labute approximate surface area is 209 Å². The van der Waals surface area contributed by atoms with Crippen LogP contribution in [0, 0.1) is 0 Å². The fraction of sp³-hybridized carbons (Fsp3) is 0.269. The number of amides is 1. The molecule has 3 aromatic rings. The van der Waals surface area contributed by atoms with Gasteiger partial charge in [0.2, 0.25) is 0 Å². The molecule has 1 aliphatic rings. The van der Waals surface area contributed by atoms with E-state index in [1.807, 2.05) is 54.7 Å². The quantitative estimate of drug-likeness (QED) is 0.195. The highest BCUT2D eigenvalue weighted by Gasteiger charge is 2.37. The molecule has 0 atom stereocenters. The summed E-state index contributed by atoms with van der Waals surface area (Å²) in [4.78, 5) is 27.7. The van der Waals surface area contributed by atoms with Crippen LogP contribution < -0.4 is 9.47 Å². The van der Waals surface area contributed by atoms with E-state index < -0.39 is 5.97 Å². The number of aromatic nitrogens is 1. The first-order chi connectivity index (χ1) is 16.9. The molecule has 182 valence electrons. The number of likely N-dealkylation sites (N-methyl/N-ethyl adjacent to an activating group) is 1. The highest BCUT2D eigenvalue weighted by atomic mass is 32.1. The number of fused-ring (bicyclic) bond motifs is 1. The van der Waals surface area contributed by atoms with Gasteiger partial charge in [-0.05, 0) is 42.9 Å². The van der Waals surface area contributed by atoms with Gasteiger partial charge >= 0.3 is 5.97 Å². The standard InChI is InChI=1S/C26H27N3O5S/c1-27-25(31)21(29(26(27)35)17-24(30)33-3)15-18-16-28(20-10-5-4-9-19(18)20)13-8-14-34-23-12-7-6-11-22(23)32-2/h4-7,9-12,15-16H,8,13-14,17H2,1-3H3/b21-15-. The van der Waals surface area contributed by atoms with Crippen molar-refractivity contribution in [3.63, 3.8) is 0 Å². The number of esters is 1. The summed E-state index contributed by atoms with van der Waals surface area (Å²) in [5, 5.41) is 1.26. The third-order valence-electron chi connectivity index (χ3n) is 5.83. The summed E-state index contributed by atoms with van der Waals surface area (Å²) in [6.45, 7) is 1.11. The van der Waals surface area contributed by atoms with E-state index in [4.69, 9.17) is 26.4 Å². The van der Waals surface area contributed by atoms with E-state index in [1.54, 1.807) is 20.2 Å². The van der Waals surface area contributed by atoms with E-state index in [1.165, 1.54) is 16.9 Å². The lowest BCUT2D eigenvalue weighted by Gasteiger charge is -2.16. The normalized spacial score (nSPS) is 14.8. The molecule has 1 fully saturated rings. The molecule has 2 aromatic carbocycles. The molecule has 0 spiro atoms. The second-order valence-corrected chi connectivity index (χ2v) is 8.35. The van der Waals surface area contributed by atoms with Gasteiger partial charge in [-0.2, -0.15) is 0 Å². The number of para-hydroxylation sites is 3. The van der Waals surface area contributed by atoms with Crippen molar-refractivity contribution in [3.8, 4) is 11.5 Å². The number of hydrogen-bond donors (Lipinski definition) is 0. The zero-order valence-corrected chi connectivity index (χ0v) is 20.7. The number of aryl methyl sites for hydroxylation is 1. The lowest BCUT2D eigenvalue weighted by Crippen LogP contribution is -2.33. The Kier molecular flexibility index (Phi) is 7.36. The first kappa shape index (κ1) is 24.3. The molecule has 0 unspecified atom stereocenters. The van der Waals surface area contributed by atoms with Gasteiger partial charge in [0, 0.05) is 36.3 Å². The summed E-state index contributed by atoms with van der Waals surface area (Å²) >= 11 is 5.38. The van der Waals surface area contributed by atoms with Crippen molar-refractivity contribution in [2.75, 3.05) is 34.4 Å². The van der Waals surface area contributed by atoms with E-state index >= 15 is 0 Å². The second kappa shape index (κ2) is 10.6. The fourth-order valence-corrected chi connectivity index (χ4v) is 4.27. The Bertz CT molecular complexity index is 1300. The molecule has 1 aliphatic heterocycles. The third kappa shape index (κ3) is 5.00. The number of carbonyl (C=O) groups excluding carboxylic acids is 2. The van der Waals surface area contributed by atoms with E-state index in [2.05, 4.69) is 4.57 Å². The van der Waals surface area contributed by atoms with Crippen molar-refractivity contribution in [2.24, 2.45) is 0 Å². The molecule has 1 aromatic heterocycles. The summed E-state index contributed by atoms with van der Waals surface area (Å²) in [6, 6.07) is 15.5. The van der Waals surface area contributed by atoms with Crippen molar-refractivity contribution < 1.29 is 23.8 Å². The number of methoxy groups -OCH3 is 2. The first-order valence-electron chi connectivity index (χ1n) is 11.2. The van der Waals surface area contributed by atoms with Gasteiger partial charge in [-0.25, -0.2) is 0 Å². The molecule has 8 nitrogen and oxygen atoms in total. The van der Waals surface area contributed by atoms with Gasteiger partial charge in [-0.3, -0.25) is 14.5 Å². The largest absolute Gasteiger partial charge is 0.493 e. The number of rotatable bonds is 9. The monoisotopic (exact) mass is 493 g/mol. The summed E-state index contributed by atoms with van der Waals surface area (Å²) in [5.41, 5.74) is 2.24. The Morgan fingerprint density at radius 3 is 2.51 bits per heavy atom. The van der Waals surface area contributed by atoms with E-state index in [0.29, 0.717) is 23.8 Å². The Hall–Kier alpha value is -3.85. The van der Waals surface area contributed by atoms with Crippen LogP contribution in [0.3, 0.4) is 0 Å². The summed E-state index contributed by atoms with van der Waals surface area (Å²) in [6.07, 6.45) is 4.56. The summed E-state index contributed by atoms with van der Waals surface area (Å²) < 4.78 is 18.2. The van der Waals surface area contributed by atoms with Gasteiger partial charge in [0.05, 0.1) is 20.8 Å². The molecule has 0 radical (unpaired) electrons. The maximum absolute atomic E-state index is 12.9. The minimum atomic E-state index is -0.473. The van der Waals surface area contributed by atoms with Crippen molar-refractivity contribution in [1.82, 2.24) is 14.4 Å². The summed E-state index contributed by atoms with van der Waals surface area (Å²) in [5.74, 6) is 0.677. The van der Waals surface area contributed by atoms with Crippen LogP contribution in [-0.2, 0) is 20.9 Å². The molecular weight excluding hydrogens is 466 g/mol. The predicted octanol–water partition coefficient (Wildman–Crippen LogP) is 3.69. The Morgan fingerprint density at radius 1 is 1.06 bits per heavy atom. The molecule has 0 saturated carbocycles. The van der Waals surface area contributed by atoms with E-state index in [9.17, 15) is 9.59 Å². The van der Waals surface area contributed by atoms with Crippen LogP contribution in [0.5, 0.6) is 11.5 Å². The van der Waals surface area contributed by atoms with Gasteiger partial charge in [0.15, 0.2) is 16.6 Å². The molecule has 4 rings (SSSR count). The van der Waals surface area contributed by atoms with Crippen molar-refractivity contribution in [1.29, 1.82) is 0 Å². The highest BCUT2D eigenvalue weighted by molar-refractivity contribution is 7.80. The predicted molar refractivity (Wildman–Crippen MR) is 137 cm³/mol. The number of hydrogen-bond acceptors (Lipinski definition) is 6. The maximum atomic E-state index is 12.9. The van der Waals surface area contributed by atoms with Gasteiger partial charge in [-0.1, -0.05) is 30.3 Å². The molecule has 1 amide bonds. The van der Waals surface area contributed by atoms with Crippen LogP contribution in [0.25, 0.3) is 17.0 Å². The second-order valence-electron chi connectivity index (χ2n) is 7.99. The number of ether oxygens (including phenoxy) is 3. The third-order valence-corrected chi connectivity index (χ3v) is 6.32. The van der Waals surface area contributed by atoms with Crippen molar-refractivity contribution in [3.05, 3.63) is 66.0 Å². The highest BCUT2D eigenvalue weighted by Crippen LogP contribution is 2.29. The van der Waals surface area contributed by atoms with Crippen LogP contribution in [0.1, 0.15) is 12.0 Å². The van der Waals surface area contributed by atoms with Crippen LogP contribution in [0.15, 0.2) is 60.4 Å². The maximum Gasteiger partial charge on any atom is 0.325 e. The van der Waals surface area contributed by atoms with Gasteiger partial charge < -0.3 is 23.7 Å². The average molecular weight is 494 g/mol. The van der Waals surface area contributed by atoms with Crippen LogP contribution in [-0.4, -0.2) is 65.8 Å². The zero-order valence-electron chi connectivity index (χ0n) is 19.9. The van der Waals surface area contributed by atoms with E-state index in [0.717, 1.165) is 29.4 Å².